The van der Waals surface area contributed by atoms with Gasteiger partial charge in [0.2, 0.25) is 11.8 Å². The second-order valence-corrected chi connectivity index (χ2v) is 5.98. The molecule has 0 aromatic heterocycles. The van der Waals surface area contributed by atoms with Crippen LogP contribution in [0.3, 0.4) is 0 Å². The lowest BCUT2D eigenvalue weighted by Crippen LogP contribution is -2.45. The second-order valence-electron chi connectivity index (χ2n) is 5.98. The van der Waals surface area contributed by atoms with E-state index in [0.717, 1.165) is 17.7 Å². The third-order valence-corrected chi connectivity index (χ3v) is 4.31. The zero-order chi connectivity index (χ0) is 17.4. The highest BCUT2D eigenvalue weighted by molar-refractivity contribution is 6.23. The van der Waals surface area contributed by atoms with Gasteiger partial charge in [-0.15, -0.1) is 0 Å². The van der Waals surface area contributed by atoms with E-state index < -0.39 is 17.9 Å². The zero-order valence-corrected chi connectivity index (χ0v) is 13.5. The molecule has 1 heterocycles. The summed E-state index contributed by atoms with van der Waals surface area (Å²) >= 11 is 0. The summed E-state index contributed by atoms with van der Waals surface area (Å²) < 4.78 is 4.62. The van der Waals surface area contributed by atoms with Crippen molar-refractivity contribution in [3.05, 3.63) is 29.8 Å². The van der Waals surface area contributed by atoms with Gasteiger partial charge in [-0.2, -0.15) is 0 Å². The van der Waals surface area contributed by atoms with Gasteiger partial charge in [-0.3, -0.25) is 14.4 Å². The molecule has 7 heteroatoms. The van der Waals surface area contributed by atoms with E-state index in [0.29, 0.717) is 11.3 Å². The first-order chi connectivity index (χ1) is 11.4. The maximum Gasteiger partial charge on any atom is 0.337 e. The lowest BCUT2D eigenvalue weighted by atomic mass is 10.2. The number of benzene rings is 1. The first-order valence-electron chi connectivity index (χ1n) is 7.78. The number of esters is 1. The van der Waals surface area contributed by atoms with Crippen molar-refractivity contribution in [1.82, 2.24) is 4.90 Å². The van der Waals surface area contributed by atoms with E-state index in [2.05, 4.69) is 4.74 Å². The summed E-state index contributed by atoms with van der Waals surface area (Å²) in [6.45, 7) is 1.42. The van der Waals surface area contributed by atoms with E-state index in [9.17, 15) is 19.2 Å². The van der Waals surface area contributed by atoms with Crippen LogP contribution in [0.4, 0.5) is 5.69 Å². The number of methoxy groups -OCH3 is 1. The molecule has 1 aromatic carbocycles. The molecule has 24 heavy (non-hydrogen) atoms. The van der Waals surface area contributed by atoms with Crippen molar-refractivity contribution in [3.63, 3.8) is 0 Å². The molecular weight excluding hydrogens is 312 g/mol. The van der Waals surface area contributed by atoms with Crippen LogP contribution in [0.2, 0.25) is 0 Å². The van der Waals surface area contributed by atoms with Crippen LogP contribution in [0.15, 0.2) is 24.3 Å². The van der Waals surface area contributed by atoms with Crippen molar-refractivity contribution in [2.75, 3.05) is 12.0 Å². The molecule has 0 bridgehead atoms. The molecule has 7 nitrogen and oxygen atoms in total. The largest absolute Gasteiger partial charge is 0.465 e. The number of rotatable bonds is 4. The molecule has 0 radical (unpaired) electrons. The molecule has 126 valence electrons. The first kappa shape index (κ1) is 16.2. The van der Waals surface area contributed by atoms with Gasteiger partial charge in [0.05, 0.1) is 24.8 Å². The van der Waals surface area contributed by atoms with E-state index in [1.165, 1.54) is 43.2 Å². The predicted octanol–water partition coefficient (Wildman–Crippen LogP) is 1.12. The summed E-state index contributed by atoms with van der Waals surface area (Å²) in [7, 11) is 1.28. The average molecular weight is 330 g/mol. The Bertz CT molecular complexity index is 708. The van der Waals surface area contributed by atoms with Crippen molar-refractivity contribution in [2.24, 2.45) is 0 Å². The second kappa shape index (κ2) is 6.07. The minimum absolute atomic E-state index is 0.00628. The van der Waals surface area contributed by atoms with E-state index >= 15 is 0 Å². The normalized spacial score (nSPS) is 20.2. The highest BCUT2D eigenvalue weighted by Gasteiger charge is 2.47. The van der Waals surface area contributed by atoms with Gasteiger partial charge in [0.25, 0.3) is 5.91 Å². The molecule has 1 aliphatic heterocycles. The molecule has 2 aliphatic rings. The zero-order valence-electron chi connectivity index (χ0n) is 13.5. The van der Waals surface area contributed by atoms with E-state index in [1.54, 1.807) is 0 Å². The Balaban J connectivity index is 1.84. The van der Waals surface area contributed by atoms with E-state index in [4.69, 9.17) is 0 Å². The fraction of sp³-hybridized carbons (Fsp3) is 0.412. The van der Waals surface area contributed by atoms with E-state index in [1.807, 2.05) is 0 Å². The van der Waals surface area contributed by atoms with Crippen LogP contribution in [0.5, 0.6) is 0 Å². The minimum Gasteiger partial charge on any atom is -0.465 e. The quantitative estimate of drug-likeness (QED) is 0.610. The Labute approximate surface area is 139 Å². The molecule has 3 amide bonds. The molecule has 1 atom stereocenters. The Kier molecular flexibility index (Phi) is 4.09. The summed E-state index contributed by atoms with van der Waals surface area (Å²) in [5, 5.41) is 0. The number of amides is 3. The smallest absolute Gasteiger partial charge is 0.337 e. The SMILES string of the molecule is COC(=O)c1ccc(N2C(=O)CC(N(C(C)=O)C3CC3)C2=O)cc1. The van der Waals surface area contributed by atoms with Crippen molar-refractivity contribution in [3.8, 4) is 0 Å². The van der Waals surface area contributed by atoms with Crippen molar-refractivity contribution < 1.29 is 23.9 Å². The van der Waals surface area contributed by atoms with Crippen molar-refractivity contribution in [1.29, 1.82) is 0 Å². The van der Waals surface area contributed by atoms with Crippen LogP contribution in [0.25, 0.3) is 0 Å². The van der Waals surface area contributed by atoms with Crippen LogP contribution < -0.4 is 4.90 Å². The molecule has 1 saturated heterocycles. The van der Waals surface area contributed by atoms with Gasteiger partial charge < -0.3 is 9.64 Å². The third-order valence-electron chi connectivity index (χ3n) is 4.31. The number of hydrogen-bond donors (Lipinski definition) is 0. The molecular formula is C17H18N2O5. The monoisotopic (exact) mass is 330 g/mol. The van der Waals surface area contributed by atoms with Crippen LogP contribution in [0.1, 0.15) is 36.5 Å². The number of hydrogen-bond acceptors (Lipinski definition) is 5. The Morgan fingerprint density at radius 3 is 2.29 bits per heavy atom. The molecule has 0 N–H and O–H groups in total. The fourth-order valence-corrected chi connectivity index (χ4v) is 3.05. The Hall–Kier alpha value is -2.70. The topological polar surface area (TPSA) is 84.0 Å². The summed E-state index contributed by atoms with van der Waals surface area (Å²) in [4.78, 5) is 50.9. The molecule has 2 fully saturated rings. The highest BCUT2D eigenvalue weighted by atomic mass is 16.5. The van der Waals surface area contributed by atoms with Crippen molar-refractivity contribution >= 4 is 29.4 Å². The number of carbonyl (C=O) groups excluding carboxylic acids is 4. The van der Waals surface area contributed by atoms with Crippen LogP contribution in [0, 0.1) is 0 Å². The van der Waals surface area contributed by atoms with Gasteiger partial charge in [-0.05, 0) is 37.1 Å². The number of ether oxygens (including phenoxy) is 1. The number of imide groups is 1. The third kappa shape index (κ3) is 2.77. The number of carbonyl (C=O) groups is 4. The Morgan fingerprint density at radius 2 is 1.79 bits per heavy atom. The van der Waals surface area contributed by atoms with Gasteiger partial charge in [-0.25, -0.2) is 9.69 Å². The standard InChI is InChI=1S/C17H18N2O5/c1-10(20)18(12-7-8-12)14-9-15(21)19(16(14)22)13-5-3-11(4-6-13)17(23)24-2/h3-6,12,14H,7-9H2,1-2H3. The van der Waals surface area contributed by atoms with Gasteiger partial charge >= 0.3 is 5.97 Å². The maximum atomic E-state index is 12.7. The van der Waals surface area contributed by atoms with Gasteiger partial charge in [-0.1, -0.05) is 0 Å². The van der Waals surface area contributed by atoms with Crippen LogP contribution in [-0.4, -0.2) is 47.8 Å². The summed E-state index contributed by atoms with van der Waals surface area (Å²) in [6, 6.07) is 5.38. The molecule has 1 saturated carbocycles. The van der Waals surface area contributed by atoms with E-state index in [-0.39, 0.29) is 24.3 Å². The number of anilines is 1. The summed E-state index contributed by atoms with van der Waals surface area (Å²) in [6.07, 6.45) is 1.73. The number of nitrogens with zero attached hydrogens (tertiary/aromatic N) is 2. The van der Waals surface area contributed by atoms with Crippen LogP contribution in [-0.2, 0) is 19.1 Å². The highest BCUT2D eigenvalue weighted by Crippen LogP contribution is 2.34. The summed E-state index contributed by atoms with van der Waals surface area (Å²) in [5.74, 6) is -1.42. The minimum atomic E-state index is -0.734. The predicted molar refractivity (Wildman–Crippen MR) is 84.2 cm³/mol. The lowest BCUT2D eigenvalue weighted by Gasteiger charge is -2.26. The molecule has 0 spiro atoms. The van der Waals surface area contributed by atoms with Gasteiger partial charge in [0.15, 0.2) is 0 Å². The van der Waals surface area contributed by atoms with Crippen molar-refractivity contribution in [2.45, 2.75) is 38.3 Å². The average Bonchev–Trinajstić information content (AvgIpc) is 3.34. The molecule has 1 aromatic rings. The van der Waals surface area contributed by atoms with Crippen LogP contribution >= 0.6 is 0 Å². The molecule has 3 rings (SSSR count). The maximum absolute atomic E-state index is 12.7. The first-order valence-corrected chi connectivity index (χ1v) is 7.78. The molecule has 1 unspecified atom stereocenters. The Morgan fingerprint density at radius 1 is 1.17 bits per heavy atom. The fourth-order valence-electron chi connectivity index (χ4n) is 3.05. The lowest BCUT2D eigenvalue weighted by molar-refractivity contribution is -0.137. The van der Waals surface area contributed by atoms with Gasteiger partial charge in [0.1, 0.15) is 6.04 Å². The van der Waals surface area contributed by atoms with Gasteiger partial charge in [0, 0.05) is 13.0 Å². The molecule has 1 aliphatic carbocycles. The summed E-state index contributed by atoms with van der Waals surface area (Å²) in [5.41, 5.74) is 0.722.